The van der Waals surface area contributed by atoms with Crippen LogP contribution in [0.1, 0.15) is 86.1 Å². The van der Waals surface area contributed by atoms with Crippen LogP contribution in [0.25, 0.3) is 0 Å². The molecule has 1 aromatic rings. The largest absolute Gasteiger partial charge is 0.480 e. The number of hydrogen-bond acceptors (Lipinski definition) is 15. The van der Waals surface area contributed by atoms with Crippen molar-refractivity contribution in [1.29, 1.82) is 0 Å². The van der Waals surface area contributed by atoms with Gasteiger partial charge in [-0.2, -0.15) is 0 Å². The third-order valence-electron chi connectivity index (χ3n) is 13.7. The average molecular weight is 1050 g/mol. The Hall–Kier alpha value is -4.32. The van der Waals surface area contributed by atoms with Crippen LogP contribution in [-0.4, -0.2) is 218 Å². The van der Waals surface area contributed by atoms with Crippen molar-refractivity contribution in [3.05, 3.63) is 35.9 Å². The number of rotatable bonds is 40. The second-order valence-electron chi connectivity index (χ2n) is 19.6. The fraction of sp³-hybridized carbons (Fsp3) is 0.774. The molecule has 0 aromatic heterocycles. The standard InChI is InChI=1S/C53H92N6O15/c1-12-38(4)47(43(67-10)36-45(61)59-22-16-19-42(59)48(68-11)39(5)49(62)55-41(51(64)65)35-40-17-14-13-15-18-40)57(8)50(63)46(37(2)3)56-52(66)53(6,7)58(9)44(60)20-23-69-25-27-71-29-31-73-33-34-74-32-30-72-28-26-70-24-21-54/h13-15,17-18,37-39,41-43,46-48H,12,16,19-36,54H2,1-11H3,(H,55,62)(H,56,66)(H,64,65). The highest BCUT2D eigenvalue weighted by Crippen LogP contribution is 2.30. The topological polar surface area (TPSA) is 256 Å². The van der Waals surface area contributed by atoms with Crippen molar-refractivity contribution in [2.24, 2.45) is 23.5 Å². The summed E-state index contributed by atoms with van der Waals surface area (Å²) in [6.45, 7) is 18.2. The third-order valence-corrected chi connectivity index (χ3v) is 13.7. The van der Waals surface area contributed by atoms with Crippen LogP contribution in [0, 0.1) is 17.8 Å². The van der Waals surface area contributed by atoms with E-state index in [1.54, 1.807) is 68.9 Å². The Morgan fingerprint density at radius 2 is 1.31 bits per heavy atom. The second kappa shape index (κ2) is 35.8. The molecule has 0 bridgehead atoms. The fourth-order valence-corrected chi connectivity index (χ4v) is 8.79. The number of carbonyl (C=O) groups excluding carboxylic acids is 5. The maximum atomic E-state index is 14.6. The number of benzene rings is 1. The van der Waals surface area contributed by atoms with Gasteiger partial charge in [0.25, 0.3) is 0 Å². The zero-order valence-corrected chi connectivity index (χ0v) is 46.3. The minimum atomic E-state index is -1.34. The highest BCUT2D eigenvalue weighted by Gasteiger charge is 2.44. The van der Waals surface area contributed by atoms with E-state index in [4.69, 9.17) is 43.6 Å². The zero-order valence-electron chi connectivity index (χ0n) is 46.3. The van der Waals surface area contributed by atoms with Crippen LogP contribution in [0.3, 0.4) is 0 Å². The summed E-state index contributed by atoms with van der Waals surface area (Å²) < 4.78 is 44.7. The molecule has 1 aliphatic heterocycles. The molecule has 8 atom stereocenters. The van der Waals surface area contributed by atoms with E-state index in [0.717, 1.165) is 5.56 Å². The van der Waals surface area contributed by atoms with Crippen LogP contribution < -0.4 is 16.4 Å². The van der Waals surface area contributed by atoms with Gasteiger partial charge in [-0.25, -0.2) is 4.79 Å². The number of nitrogens with zero attached hydrogens (tertiary/aromatic N) is 3. The number of carboxylic acids is 1. The highest BCUT2D eigenvalue weighted by molar-refractivity contribution is 5.94. The Morgan fingerprint density at radius 3 is 1.78 bits per heavy atom. The van der Waals surface area contributed by atoms with Crippen molar-refractivity contribution in [3.8, 4) is 0 Å². The number of carbonyl (C=O) groups is 6. The van der Waals surface area contributed by atoms with Gasteiger partial charge >= 0.3 is 5.97 Å². The second-order valence-corrected chi connectivity index (χ2v) is 19.6. The summed E-state index contributed by atoms with van der Waals surface area (Å²) in [5.74, 6) is -4.40. The van der Waals surface area contributed by atoms with E-state index in [0.29, 0.717) is 98.4 Å². The van der Waals surface area contributed by atoms with E-state index in [-0.39, 0.29) is 62.0 Å². The van der Waals surface area contributed by atoms with Gasteiger partial charge in [-0.05, 0) is 44.1 Å². The summed E-state index contributed by atoms with van der Waals surface area (Å²) in [7, 11) is 6.17. The lowest BCUT2D eigenvalue weighted by atomic mass is 9.89. The minimum Gasteiger partial charge on any atom is -0.480 e. The lowest BCUT2D eigenvalue weighted by Gasteiger charge is -2.41. The SMILES string of the molecule is CCC(C)C(C(CC(=O)N1CCCC1C(OC)C(C)C(=O)NC(Cc1ccccc1)C(=O)O)OC)N(C)C(=O)C(NC(=O)C(C)(C)N(C)C(=O)CCOCCOCCOCCOCCOCCOCCN)C(C)C. The first-order valence-electron chi connectivity index (χ1n) is 26.2. The molecule has 2 rings (SSSR count). The van der Waals surface area contributed by atoms with Gasteiger partial charge in [-0.15, -0.1) is 0 Å². The van der Waals surface area contributed by atoms with E-state index in [2.05, 4.69) is 10.6 Å². The molecule has 5 N–H and O–H groups in total. The number of hydrogen-bond donors (Lipinski definition) is 4. The number of ether oxygens (including phenoxy) is 8. The van der Waals surface area contributed by atoms with E-state index < -0.39 is 65.6 Å². The predicted molar refractivity (Wildman–Crippen MR) is 278 cm³/mol. The molecule has 1 aliphatic rings. The van der Waals surface area contributed by atoms with Crippen molar-refractivity contribution in [2.45, 2.75) is 129 Å². The molecule has 8 unspecified atom stereocenters. The van der Waals surface area contributed by atoms with E-state index in [1.165, 1.54) is 19.1 Å². The molecule has 74 heavy (non-hydrogen) atoms. The van der Waals surface area contributed by atoms with E-state index >= 15 is 0 Å². The first-order chi connectivity index (χ1) is 35.3. The molecule has 0 radical (unpaired) electrons. The Kier molecular flexibility index (Phi) is 31.9. The van der Waals surface area contributed by atoms with Crippen molar-refractivity contribution < 1.29 is 71.8 Å². The van der Waals surface area contributed by atoms with Gasteiger partial charge < -0.3 is 74.1 Å². The molecule has 424 valence electrons. The number of carboxylic acid groups (broad SMARTS) is 1. The predicted octanol–water partition coefficient (Wildman–Crippen LogP) is 2.55. The molecule has 21 nitrogen and oxygen atoms in total. The van der Waals surface area contributed by atoms with Crippen LogP contribution in [0.15, 0.2) is 30.3 Å². The lowest BCUT2D eigenvalue weighted by molar-refractivity contribution is -0.150. The number of nitrogens with two attached hydrogens (primary N) is 1. The normalized spacial score (nSPS) is 16.7. The maximum Gasteiger partial charge on any atom is 0.326 e. The van der Waals surface area contributed by atoms with Gasteiger partial charge in [0.05, 0.1) is 122 Å². The summed E-state index contributed by atoms with van der Waals surface area (Å²) in [5, 5.41) is 15.6. The molecule has 1 heterocycles. The zero-order chi connectivity index (χ0) is 55.2. The molecular weight excluding hydrogens is 961 g/mol. The van der Waals surface area contributed by atoms with Crippen LogP contribution in [0.5, 0.6) is 0 Å². The number of aliphatic carboxylic acids is 1. The van der Waals surface area contributed by atoms with E-state index in [1.807, 2.05) is 33.8 Å². The van der Waals surface area contributed by atoms with E-state index in [9.17, 15) is 33.9 Å². The monoisotopic (exact) mass is 1050 g/mol. The molecular formula is C53H92N6O15. The smallest absolute Gasteiger partial charge is 0.326 e. The summed E-state index contributed by atoms with van der Waals surface area (Å²) in [5.41, 5.74) is 4.79. The summed E-state index contributed by atoms with van der Waals surface area (Å²) >= 11 is 0. The minimum absolute atomic E-state index is 0.0213. The fourth-order valence-electron chi connectivity index (χ4n) is 8.79. The Balaban J connectivity index is 1.95. The van der Waals surface area contributed by atoms with Gasteiger partial charge in [0.2, 0.25) is 29.5 Å². The van der Waals surface area contributed by atoms with Gasteiger partial charge in [-0.1, -0.05) is 71.4 Å². The first-order valence-corrected chi connectivity index (χ1v) is 26.2. The first kappa shape index (κ1) is 65.8. The quantitative estimate of drug-likeness (QED) is 0.0689. The molecule has 0 saturated carbocycles. The molecule has 5 amide bonds. The molecule has 1 aromatic carbocycles. The van der Waals surface area contributed by atoms with Gasteiger partial charge in [-0.3, -0.25) is 24.0 Å². The average Bonchev–Trinajstić information content (AvgIpc) is 3.87. The number of likely N-dealkylation sites (N-methyl/N-ethyl adjacent to an activating group) is 2. The molecule has 0 spiro atoms. The van der Waals surface area contributed by atoms with Crippen molar-refractivity contribution in [1.82, 2.24) is 25.3 Å². The number of methoxy groups -OCH3 is 2. The summed E-state index contributed by atoms with van der Waals surface area (Å²) in [4.78, 5) is 86.6. The number of nitrogens with one attached hydrogen (secondary N) is 2. The van der Waals surface area contributed by atoms with Crippen LogP contribution in [0.2, 0.25) is 0 Å². The van der Waals surface area contributed by atoms with Crippen LogP contribution >= 0.6 is 0 Å². The number of likely N-dealkylation sites (tertiary alicyclic amines) is 1. The molecule has 0 aliphatic carbocycles. The molecule has 1 fully saturated rings. The Morgan fingerprint density at radius 1 is 0.784 bits per heavy atom. The lowest BCUT2D eigenvalue weighted by Crippen LogP contribution is -2.62. The Bertz CT molecular complexity index is 1790. The third kappa shape index (κ3) is 22.1. The Labute approximate surface area is 440 Å². The number of amides is 5. The molecule has 1 saturated heterocycles. The van der Waals surface area contributed by atoms with Crippen molar-refractivity contribution in [3.63, 3.8) is 0 Å². The van der Waals surface area contributed by atoms with Gasteiger partial charge in [0.15, 0.2) is 0 Å². The molecule has 21 heteroatoms. The summed E-state index contributed by atoms with van der Waals surface area (Å²) in [6, 6.07) is 5.84. The van der Waals surface area contributed by atoms with Crippen molar-refractivity contribution in [2.75, 3.05) is 121 Å². The highest BCUT2D eigenvalue weighted by atomic mass is 16.6. The van der Waals surface area contributed by atoms with Gasteiger partial charge in [0, 0.05) is 47.8 Å². The summed E-state index contributed by atoms with van der Waals surface area (Å²) in [6.07, 6.45) is 0.439. The van der Waals surface area contributed by atoms with Gasteiger partial charge in [0.1, 0.15) is 17.6 Å². The maximum absolute atomic E-state index is 14.6. The van der Waals surface area contributed by atoms with Crippen molar-refractivity contribution >= 4 is 35.5 Å². The van der Waals surface area contributed by atoms with Crippen LogP contribution in [0.4, 0.5) is 0 Å². The van der Waals surface area contributed by atoms with Crippen LogP contribution in [-0.2, 0) is 73.1 Å².